The van der Waals surface area contributed by atoms with E-state index in [0.717, 1.165) is 6.29 Å². The van der Waals surface area contributed by atoms with Crippen LogP contribution in [0, 0.1) is 0 Å². The number of benzene rings is 2. The van der Waals surface area contributed by atoms with Crippen molar-refractivity contribution in [2.24, 2.45) is 0 Å². The van der Waals surface area contributed by atoms with Crippen molar-refractivity contribution in [2.75, 3.05) is 7.11 Å². The molecule has 160 valence electrons. The fourth-order valence-electron chi connectivity index (χ4n) is 3.83. The van der Waals surface area contributed by atoms with E-state index in [0.29, 0.717) is 22.3 Å². The lowest BCUT2D eigenvalue weighted by Crippen LogP contribution is -2.22. The summed E-state index contributed by atoms with van der Waals surface area (Å²) < 4.78 is 11.3. The zero-order valence-corrected chi connectivity index (χ0v) is 16.7. The van der Waals surface area contributed by atoms with Crippen molar-refractivity contribution < 1.29 is 34.4 Å². The Bertz CT molecular complexity index is 1150. The molecule has 1 atom stereocenters. The van der Waals surface area contributed by atoms with Gasteiger partial charge in [-0.2, -0.15) is 12.4 Å². The van der Waals surface area contributed by atoms with E-state index < -0.39 is 11.9 Å². The Kier molecular flexibility index (Phi) is 5.29. The van der Waals surface area contributed by atoms with Gasteiger partial charge in [-0.25, -0.2) is 0 Å². The maximum atomic E-state index is 11.0. The van der Waals surface area contributed by atoms with Gasteiger partial charge in [0.1, 0.15) is 30.3 Å². The molecule has 2 heterocycles. The number of rotatable bonds is 6. The minimum Gasteiger partial charge on any atom is -0.670 e. The van der Waals surface area contributed by atoms with E-state index in [1.807, 2.05) is 0 Å². The highest BCUT2D eigenvalue weighted by molar-refractivity contribution is 6.05. The summed E-state index contributed by atoms with van der Waals surface area (Å²) in [6, 6.07) is 6.36. The zero-order chi connectivity index (χ0) is 22.1. The van der Waals surface area contributed by atoms with E-state index in [1.54, 1.807) is 24.5 Å². The van der Waals surface area contributed by atoms with Crippen molar-refractivity contribution in [3.05, 3.63) is 64.5 Å². The Hall–Kier alpha value is -3.94. The van der Waals surface area contributed by atoms with E-state index in [4.69, 9.17) is 9.47 Å². The number of phenolic OH excluding ortho intramolecular Hbond substituents is 3. The molecule has 0 amide bonds. The minimum absolute atomic E-state index is 0.0520. The van der Waals surface area contributed by atoms with Gasteiger partial charge in [0.05, 0.1) is 7.11 Å². The summed E-state index contributed by atoms with van der Waals surface area (Å²) in [6.07, 6.45) is 3.72. The van der Waals surface area contributed by atoms with E-state index in [2.05, 4.69) is 4.98 Å². The Balaban J connectivity index is 1.84. The van der Waals surface area contributed by atoms with Crippen LogP contribution in [0.4, 0.5) is 0 Å². The van der Waals surface area contributed by atoms with Gasteiger partial charge < -0.3 is 34.6 Å². The van der Waals surface area contributed by atoms with Crippen LogP contribution in [-0.4, -0.2) is 39.3 Å². The van der Waals surface area contributed by atoms with Gasteiger partial charge in [-0.1, -0.05) is 23.3 Å². The molecule has 0 bridgehead atoms. The van der Waals surface area contributed by atoms with Gasteiger partial charge in [0.15, 0.2) is 17.1 Å². The average molecular weight is 423 g/mol. The van der Waals surface area contributed by atoms with Crippen LogP contribution in [-0.2, 0) is 17.6 Å². The summed E-state index contributed by atoms with van der Waals surface area (Å²) in [4.78, 5) is 25.8. The van der Waals surface area contributed by atoms with Crippen molar-refractivity contribution in [2.45, 2.75) is 25.4 Å². The number of nitrogens with zero attached hydrogens (tertiary/aromatic N) is 1. The van der Waals surface area contributed by atoms with Crippen molar-refractivity contribution in [3.63, 3.8) is 0 Å². The largest absolute Gasteiger partial charge is 0.670 e. The number of methoxy groups -OCH3 is 1. The molecule has 1 aliphatic heterocycles. The highest BCUT2D eigenvalue weighted by Crippen LogP contribution is 2.52. The Labute approximate surface area is 177 Å². The third-order valence-corrected chi connectivity index (χ3v) is 5.39. The molecule has 3 aromatic rings. The number of ether oxygens (including phenoxy) is 2. The van der Waals surface area contributed by atoms with Gasteiger partial charge in [0, 0.05) is 18.4 Å². The van der Waals surface area contributed by atoms with Gasteiger partial charge in [-0.15, -0.1) is 0 Å². The molecule has 31 heavy (non-hydrogen) atoms. The first-order valence-electron chi connectivity index (χ1n) is 9.62. The van der Waals surface area contributed by atoms with Crippen molar-refractivity contribution in [3.8, 4) is 28.7 Å². The van der Waals surface area contributed by atoms with E-state index in [-0.39, 0.29) is 53.6 Å². The minimum atomic E-state index is -0.605. The lowest BCUT2D eigenvalue weighted by Gasteiger charge is -2.27. The number of aldehydes is 1. The molecule has 1 aliphatic rings. The van der Waals surface area contributed by atoms with Gasteiger partial charge >= 0.3 is 5.78 Å². The molecule has 4 N–H and O–H groups in total. The second-order valence-electron chi connectivity index (χ2n) is 7.27. The van der Waals surface area contributed by atoms with Crippen molar-refractivity contribution in [1.29, 1.82) is 0 Å². The molecule has 1 unspecified atom stereocenters. The third-order valence-electron chi connectivity index (χ3n) is 5.39. The summed E-state index contributed by atoms with van der Waals surface area (Å²) in [7, 11) is 1.30. The molecule has 4 rings (SSSR count). The van der Waals surface area contributed by atoms with E-state index in [1.165, 1.54) is 19.2 Å². The van der Waals surface area contributed by atoms with Crippen molar-refractivity contribution in [1.82, 2.24) is 4.98 Å². The van der Waals surface area contributed by atoms with E-state index in [9.17, 15) is 24.9 Å². The zero-order valence-electron chi connectivity index (χ0n) is 16.7. The Morgan fingerprint density at radius 2 is 1.87 bits per heavy atom. The normalized spacial score (nSPS) is 15.3. The second-order valence-corrected chi connectivity index (χ2v) is 7.27. The molecule has 0 saturated heterocycles. The Morgan fingerprint density at radius 3 is 2.55 bits per heavy atom. The molecule has 0 radical (unpaired) electrons. The van der Waals surface area contributed by atoms with Crippen LogP contribution in [0.1, 0.15) is 40.3 Å². The molecular weight excluding hydrogens is 402 g/mol. The standard InChI is InChI=1S/C23H20NO7/c1-30-23-20(28)16(8-14-11-24-10-13(14)6-7-25)22-19(21(23)29)17(27)9-18(31-22)12-2-4-15(26)5-3-12/h2-5,7,10-11,18,26H,6,8-9H2,1H3,(H2,27,28,29)/q-1/p+1. The molecule has 1 aromatic heterocycles. The molecule has 0 aliphatic carbocycles. The quantitative estimate of drug-likeness (QED) is 0.410. The fourth-order valence-corrected chi connectivity index (χ4v) is 3.83. The summed E-state index contributed by atoms with van der Waals surface area (Å²) >= 11 is 0. The van der Waals surface area contributed by atoms with Gasteiger partial charge in [-0.3, -0.25) is 4.79 Å². The highest BCUT2D eigenvalue weighted by atomic mass is 16.5. The monoisotopic (exact) mass is 423 g/mol. The van der Waals surface area contributed by atoms with Gasteiger partial charge in [0.25, 0.3) is 0 Å². The van der Waals surface area contributed by atoms with Gasteiger partial charge in [-0.05, 0) is 17.7 Å². The first-order chi connectivity index (χ1) is 14.9. The molecular formula is C23H21NO7. The van der Waals surface area contributed by atoms with Crippen LogP contribution in [0.2, 0.25) is 0 Å². The number of aromatic hydroxyl groups is 3. The van der Waals surface area contributed by atoms with E-state index >= 15 is 0 Å². The molecule has 8 nitrogen and oxygen atoms in total. The number of phenols is 3. The SMILES string of the molecule is COc1c(O)c(Cc2c[n-]cc2CC=O)c2c(c1O)C(=[OH+])CC(c1ccc(O)cc1)O2. The molecule has 0 fully saturated rings. The summed E-state index contributed by atoms with van der Waals surface area (Å²) in [5.41, 5.74) is 2.45. The smallest absolute Gasteiger partial charge is 0.335 e. The van der Waals surface area contributed by atoms with Crippen LogP contribution < -0.4 is 14.5 Å². The van der Waals surface area contributed by atoms with Crippen LogP contribution in [0.5, 0.6) is 28.7 Å². The lowest BCUT2D eigenvalue weighted by atomic mass is 9.90. The van der Waals surface area contributed by atoms with Crippen LogP contribution in [0.15, 0.2) is 36.7 Å². The van der Waals surface area contributed by atoms with Crippen molar-refractivity contribution >= 4 is 12.1 Å². The van der Waals surface area contributed by atoms with Gasteiger partial charge in [0.2, 0.25) is 5.75 Å². The lowest BCUT2D eigenvalue weighted by molar-refractivity contribution is -0.107. The topological polar surface area (TPSA) is 132 Å². The number of carbonyl (C=O) groups is 1. The molecule has 2 aromatic carbocycles. The number of fused-ring (bicyclic) bond motifs is 1. The second kappa shape index (κ2) is 8.06. The van der Waals surface area contributed by atoms with Crippen LogP contribution >= 0.6 is 0 Å². The number of hydrogen-bond donors (Lipinski definition) is 3. The van der Waals surface area contributed by atoms with Crippen LogP contribution in [0.3, 0.4) is 0 Å². The first kappa shape index (κ1) is 20.3. The number of hydrogen-bond acceptors (Lipinski definition) is 6. The maximum Gasteiger partial charge on any atom is 0.335 e. The number of aromatic nitrogens is 1. The first-order valence-corrected chi connectivity index (χ1v) is 9.62. The highest BCUT2D eigenvalue weighted by Gasteiger charge is 2.40. The third kappa shape index (κ3) is 3.56. The van der Waals surface area contributed by atoms with Crippen LogP contribution in [0.25, 0.3) is 0 Å². The maximum absolute atomic E-state index is 11.0. The predicted molar refractivity (Wildman–Crippen MR) is 111 cm³/mol. The number of carbonyl (C=O) groups excluding carboxylic acids is 2. The fraction of sp³-hybridized carbons (Fsp3) is 0.217. The summed E-state index contributed by atoms with van der Waals surface area (Å²) in [6.45, 7) is 0. The molecule has 0 saturated carbocycles. The number of ketones is 1. The average Bonchev–Trinajstić information content (AvgIpc) is 3.18. The Morgan fingerprint density at radius 1 is 1.16 bits per heavy atom. The molecule has 8 heteroatoms. The summed E-state index contributed by atoms with van der Waals surface area (Å²) in [5.74, 6) is -0.824. The summed E-state index contributed by atoms with van der Waals surface area (Å²) in [5, 5.41) is 31.0. The predicted octanol–water partition coefficient (Wildman–Crippen LogP) is 2.52. The molecule has 0 spiro atoms.